The van der Waals surface area contributed by atoms with Crippen LogP contribution >= 0.6 is 0 Å². The van der Waals surface area contributed by atoms with E-state index in [-0.39, 0.29) is 0 Å². The van der Waals surface area contributed by atoms with Gasteiger partial charge in [-0.15, -0.1) is 0 Å². The van der Waals surface area contributed by atoms with Crippen LogP contribution in [0.1, 0.15) is 53.1 Å². The molecule has 0 heterocycles. The molecule has 0 aliphatic carbocycles. The maximum atomic E-state index is 6.50. The molecule has 0 spiro atoms. The fourth-order valence-electron chi connectivity index (χ4n) is 9.84. The van der Waals surface area contributed by atoms with Gasteiger partial charge in [0.05, 0.1) is 0 Å². The zero-order valence-corrected chi connectivity index (χ0v) is 45.1. The molecular formula is C74H64N4O. The SMILES string of the molecule is CCCCNc1ccc(N(c2ccc(C)cc2)c2ccc(/C=C/c3ccc(N(c4ccc(/C=C/c5ccc(N(c6ccccc6)c6ccc(C)cc6)cc5)cc4)c4ccc(Oc5cccc6ccccc56)cc4)cc3)cc2)cc1. The van der Waals surface area contributed by atoms with E-state index < -0.39 is 0 Å². The fourth-order valence-corrected chi connectivity index (χ4v) is 9.84. The van der Waals surface area contributed by atoms with Crippen molar-refractivity contribution in [3.63, 3.8) is 0 Å². The molecule has 0 amide bonds. The highest BCUT2D eigenvalue weighted by Gasteiger charge is 2.16. The third-order valence-electron chi connectivity index (χ3n) is 14.2. The Morgan fingerprint density at radius 3 is 1.10 bits per heavy atom. The van der Waals surface area contributed by atoms with E-state index in [4.69, 9.17) is 4.74 Å². The number of benzene rings is 11. The van der Waals surface area contributed by atoms with Gasteiger partial charge in [-0.25, -0.2) is 0 Å². The van der Waals surface area contributed by atoms with E-state index in [0.29, 0.717) is 0 Å². The molecule has 0 aliphatic rings. The molecule has 11 aromatic rings. The van der Waals surface area contributed by atoms with Crippen molar-refractivity contribution in [1.29, 1.82) is 0 Å². The van der Waals surface area contributed by atoms with E-state index in [1.165, 1.54) is 17.5 Å². The van der Waals surface area contributed by atoms with E-state index in [1.54, 1.807) is 0 Å². The number of hydrogen-bond acceptors (Lipinski definition) is 5. The summed E-state index contributed by atoms with van der Waals surface area (Å²) in [7, 11) is 0. The number of hydrogen-bond donors (Lipinski definition) is 1. The number of aryl methyl sites for hydroxylation is 2. The molecule has 0 radical (unpaired) electrons. The van der Waals surface area contributed by atoms with Crippen LogP contribution in [0.5, 0.6) is 11.5 Å². The van der Waals surface area contributed by atoms with Crippen LogP contribution in [0.2, 0.25) is 0 Å². The Kier molecular flexibility index (Phi) is 15.9. The summed E-state index contributed by atoms with van der Waals surface area (Å²) in [6.07, 6.45) is 11.0. The molecule has 0 bridgehead atoms. The largest absolute Gasteiger partial charge is 0.457 e. The first-order chi connectivity index (χ1) is 38.9. The summed E-state index contributed by atoms with van der Waals surface area (Å²) >= 11 is 0. The predicted molar refractivity (Wildman–Crippen MR) is 338 cm³/mol. The Labute approximate surface area is 466 Å². The molecule has 11 rings (SSSR count). The van der Waals surface area contributed by atoms with Gasteiger partial charge in [-0.3, -0.25) is 0 Å². The fraction of sp³-hybridized carbons (Fsp3) is 0.0811. The second kappa shape index (κ2) is 24.4. The second-order valence-electron chi connectivity index (χ2n) is 19.9. The third kappa shape index (κ3) is 12.6. The van der Waals surface area contributed by atoms with Crippen LogP contribution in [0.15, 0.2) is 267 Å². The maximum Gasteiger partial charge on any atom is 0.135 e. The Morgan fingerprint density at radius 1 is 0.342 bits per heavy atom. The summed E-state index contributed by atoms with van der Waals surface area (Å²) in [5, 5.41) is 5.78. The van der Waals surface area contributed by atoms with Crippen LogP contribution in [0.3, 0.4) is 0 Å². The first kappa shape index (κ1) is 51.3. The second-order valence-corrected chi connectivity index (χ2v) is 19.9. The summed E-state index contributed by atoms with van der Waals surface area (Å²) in [5.74, 6) is 1.61. The summed E-state index contributed by atoms with van der Waals surface area (Å²) < 4.78 is 6.50. The normalized spacial score (nSPS) is 11.3. The van der Waals surface area contributed by atoms with Crippen molar-refractivity contribution in [3.8, 4) is 11.5 Å². The number of nitrogens with one attached hydrogen (secondary N) is 1. The van der Waals surface area contributed by atoms with Crippen molar-refractivity contribution in [2.75, 3.05) is 26.6 Å². The van der Waals surface area contributed by atoms with Gasteiger partial charge in [0.15, 0.2) is 0 Å². The molecule has 0 aliphatic heterocycles. The van der Waals surface area contributed by atoms with Gasteiger partial charge in [-0.1, -0.05) is 176 Å². The lowest BCUT2D eigenvalue weighted by molar-refractivity contribution is 0.488. The lowest BCUT2D eigenvalue weighted by Gasteiger charge is -2.26. The van der Waals surface area contributed by atoms with Gasteiger partial charge < -0.3 is 24.8 Å². The van der Waals surface area contributed by atoms with Gasteiger partial charge in [0.1, 0.15) is 11.5 Å². The smallest absolute Gasteiger partial charge is 0.135 e. The molecule has 5 heteroatoms. The molecule has 5 nitrogen and oxygen atoms in total. The van der Waals surface area contributed by atoms with Crippen molar-refractivity contribution in [2.24, 2.45) is 0 Å². The van der Waals surface area contributed by atoms with Gasteiger partial charge in [-0.2, -0.15) is 0 Å². The van der Waals surface area contributed by atoms with Crippen LogP contribution in [-0.2, 0) is 0 Å². The summed E-state index contributed by atoms with van der Waals surface area (Å²) in [4.78, 5) is 6.90. The monoisotopic (exact) mass is 1020 g/mol. The molecule has 0 aromatic heterocycles. The molecule has 1 N–H and O–H groups in total. The van der Waals surface area contributed by atoms with Crippen LogP contribution in [0.4, 0.5) is 56.9 Å². The van der Waals surface area contributed by atoms with E-state index >= 15 is 0 Å². The van der Waals surface area contributed by atoms with Gasteiger partial charge in [0, 0.05) is 68.8 Å². The lowest BCUT2D eigenvalue weighted by Crippen LogP contribution is -2.10. The lowest BCUT2D eigenvalue weighted by atomic mass is 10.1. The number of anilines is 10. The topological polar surface area (TPSA) is 31.0 Å². The number of nitrogens with zero attached hydrogens (tertiary/aromatic N) is 3. The maximum absolute atomic E-state index is 6.50. The van der Waals surface area contributed by atoms with Crippen molar-refractivity contribution in [2.45, 2.75) is 33.6 Å². The minimum Gasteiger partial charge on any atom is -0.457 e. The highest BCUT2D eigenvalue weighted by Crippen LogP contribution is 2.40. The van der Waals surface area contributed by atoms with Crippen molar-refractivity contribution < 1.29 is 4.74 Å². The Balaban J connectivity index is 0.829. The minimum atomic E-state index is 0.775. The number of rotatable bonds is 19. The molecule has 0 fully saturated rings. The van der Waals surface area contributed by atoms with E-state index in [9.17, 15) is 0 Å². The highest BCUT2D eigenvalue weighted by atomic mass is 16.5. The summed E-state index contributed by atoms with van der Waals surface area (Å²) in [5.41, 5.74) is 17.9. The van der Waals surface area contributed by atoms with Crippen molar-refractivity contribution in [1.82, 2.24) is 0 Å². The Hall–Kier alpha value is -9.84. The number of ether oxygens (including phenoxy) is 1. The molecule has 0 unspecified atom stereocenters. The average molecular weight is 1030 g/mol. The van der Waals surface area contributed by atoms with Gasteiger partial charge in [0.25, 0.3) is 0 Å². The minimum absolute atomic E-state index is 0.775. The van der Waals surface area contributed by atoms with Crippen molar-refractivity contribution in [3.05, 3.63) is 300 Å². The first-order valence-corrected chi connectivity index (χ1v) is 27.4. The first-order valence-electron chi connectivity index (χ1n) is 27.4. The number of para-hydroxylation sites is 1. The number of unbranched alkanes of at least 4 members (excludes halogenated alkanes) is 1. The van der Waals surface area contributed by atoms with Gasteiger partial charge in [-0.05, 0) is 187 Å². The van der Waals surface area contributed by atoms with Crippen LogP contribution < -0.4 is 24.8 Å². The molecular weight excluding hydrogens is 961 g/mol. The Bertz CT molecular complexity index is 3770. The molecule has 0 atom stereocenters. The zero-order valence-electron chi connectivity index (χ0n) is 45.1. The standard InChI is InChI=1S/C74H64N4O/c1-4-5-54-75-62-34-48-70(49-35-62)77(65-38-20-56(3)21-39-65)67-42-28-58(29-43-67)24-25-60-32-46-69(47-33-60)78(71-50-52-72(53-51-71)79-74-17-11-13-61-12-9-10-16-73(61)74)68-44-30-59(31-45-68)23-22-57-26-40-66(41-27-57)76(63-14-7-6-8-15-63)64-36-18-55(2)19-37-64/h6-53,75H,4-5,54H2,1-3H3/b23-22+,25-24+. The van der Waals surface area contributed by atoms with Crippen LogP contribution in [-0.4, -0.2) is 6.54 Å². The zero-order chi connectivity index (χ0) is 53.8. The van der Waals surface area contributed by atoms with Crippen LogP contribution in [0.25, 0.3) is 35.1 Å². The van der Waals surface area contributed by atoms with Crippen molar-refractivity contribution >= 4 is 92.0 Å². The average Bonchev–Trinajstić information content (AvgIpc) is 3.50. The molecule has 0 saturated carbocycles. The van der Waals surface area contributed by atoms with E-state index in [1.807, 2.05) is 12.1 Å². The quantitative estimate of drug-likeness (QED) is 0.0644. The third-order valence-corrected chi connectivity index (χ3v) is 14.2. The predicted octanol–water partition coefficient (Wildman–Crippen LogP) is 21.2. The highest BCUT2D eigenvalue weighted by molar-refractivity contribution is 5.89. The summed E-state index contributed by atoms with van der Waals surface area (Å²) in [6, 6.07) is 94.7. The summed E-state index contributed by atoms with van der Waals surface area (Å²) in [6.45, 7) is 7.45. The van der Waals surface area contributed by atoms with E-state index in [2.05, 4.69) is 320 Å². The van der Waals surface area contributed by atoms with Gasteiger partial charge in [0.2, 0.25) is 0 Å². The molecule has 386 valence electrons. The molecule has 11 aromatic carbocycles. The van der Waals surface area contributed by atoms with Gasteiger partial charge >= 0.3 is 0 Å². The molecule has 79 heavy (non-hydrogen) atoms. The van der Waals surface area contributed by atoms with Crippen LogP contribution in [0, 0.1) is 13.8 Å². The Morgan fingerprint density at radius 2 is 0.684 bits per heavy atom. The van der Waals surface area contributed by atoms with E-state index in [0.717, 1.165) is 114 Å². The molecule has 0 saturated heterocycles. The number of fused-ring (bicyclic) bond motifs is 1.